The number of phenols is 1. The molecular weight excluding hydrogens is 310 g/mol. The third kappa shape index (κ3) is 3.56. The van der Waals surface area contributed by atoms with Crippen LogP contribution in [-0.2, 0) is 14.6 Å². The van der Waals surface area contributed by atoms with Gasteiger partial charge in [0.15, 0.2) is 9.84 Å². The van der Waals surface area contributed by atoms with Crippen molar-refractivity contribution < 1.29 is 28.2 Å². The number of sulfone groups is 1. The summed E-state index contributed by atoms with van der Waals surface area (Å²) in [6.07, 6.45) is 0.407. The Kier molecular flexibility index (Phi) is 4.70. The van der Waals surface area contributed by atoms with Crippen LogP contribution in [0.15, 0.2) is 24.3 Å². The molecule has 0 spiro atoms. The average Bonchev–Trinajstić information content (AvgIpc) is 2.46. The van der Waals surface area contributed by atoms with Crippen LogP contribution in [0.2, 0.25) is 0 Å². The summed E-state index contributed by atoms with van der Waals surface area (Å²) in [5.41, 5.74) is 0.175. The Morgan fingerprint density at radius 3 is 2.32 bits per heavy atom. The Bertz CT molecular complexity index is 676. The number of piperidine rings is 1. The predicted octanol–water partition coefficient (Wildman–Crippen LogP) is 0.496. The van der Waals surface area contributed by atoms with Crippen molar-refractivity contribution in [3.8, 4) is 5.75 Å². The molecule has 2 rings (SSSR count). The number of benzene rings is 1. The molecular formula is C14H17NO6S. The molecule has 0 unspecified atom stereocenters. The summed E-state index contributed by atoms with van der Waals surface area (Å²) in [6.45, 7) is 0.438. The van der Waals surface area contributed by atoms with Crippen molar-refractivity contribution in [1.82, 2.24) is 4.90 Å². The zero-order valence-electron chi connectivity index (χ0n) is 11.8. The molecule has 1 saturated heterocycles. The number of hydrogen-bond acceptors (Lipinski definition) is 5. The van der Waals surface area contributed by atoms with Gasteiger partial charge < -0.3 is 15.1 Å². The summed E-state index contributed by atoms with van der Waals surface area (Å²) in [7, 11) is -3.69. The highest BCUT2D eigenvalue weighted by Crippen LogP contribution is 2.23. The van der Waals surface area contributed by atoms with E-state index in [4.69, 9.17) is 5.11 Å². The van der Waals surface area contributed by atoms with Gasteiger partial charge in [-0.05, 0) is 25.0 Å². The fourth-order valence-corrected chi connectivity index (χ4v) is 4.04. The lowest BCUT2D eigenvalue weighted by atomic mass is 10.1. The summed E-state index contributed by atoms with van der Waals surface area (Å²) in [5.74, 6) is -2.72. The number of nitrogens with zero attached hydrogens (tertiary/aromatic N) is 1. The van der Waals surface area contributed by atoms with E-state index in [-0.39, 0.29) is 43.2 Å². The number of phenolic OH excluding ortho intramolecular Hbond substituents is 1. The van der Waals surface area contributed by atoms with E-state index in [2.05, 4.69) is 0 Å². The minimum atomic E-state index is -3.69. The van der Waals surface area contributed by atoms with Crippen LogP contribution in [0.1, 0.15) is 23.2 Å². The van der Waals surface area contributed by atoms with Gasteiger partial charge in [-0.2, -0.15) is 0 Å². The van der Waals surface area contributed by atoms with Crippen LogP contribution in [0.5, 0.6) is 5.75 Å². The second-order valence-corrected chi connectivity index (χ2v) is 7.49. The number of likely N-dealkylation sites (tertiary alicyclic amines) is 1. The number of carbonyl (C=O) groups is 2. The molecule has 0 saturated carbocycles. The second kappa shape index (κ2) is 6.35. The van der Waals surface area contributed by atoms with Gasteiger partial charge in [0.1, 0.15) is 11.5 Å². The van der Waals surface area contributed by atoms with Crippen LogP contribution in [0.4, 0.5) is 0 Å². The molecule has 7 nitrogen and oxygen atoms in total. The third-order valence-electron chi connectivity index (χ3n) is 3.70. The SMILES string of the molecule is O=C(O)CS(=O)(=O)C1CCN(C(=O)c2ccccc2O)CC1. The van der Waals surface area contributed by atoms with Gasteiger partial charge in [0.05, 0.1) is 10.8 Å². The first-order valence-electron chi connectivity index (χ1n) is 6.82. The number of carbonyl (C=O) groups excluding carboxylic acids is 1. The van der Waals surface area contributed by atoms with Crippen molar-refractivity contribution >= 4 is 21.7 Å². The number of aliphatic carboxylic acids is 1. The minimum Gasteiger partial charge on any atom is -0.507 e. The minimum absolute atomic E-state index is 0.117. The monoisotopic (exact) mass is 327 g/mol. The lowest BCUT2D eigenvalue weighted by Gasteiger charge is -2.31. The van der Waals surface area contributed by atoms with Gasteiger partial charge in [-0.15, -0.1) is 0 Å². The normalized spacial score (nSPS) is 16.5. The molecule has 0 bridgehead atoms. The second-order valence-electron chi connectivity index (χ2n) is 5.21. The number of para-hydroxylation sites is 1. The lowest BCUT2D eigenvalue weighted by molar-refractivity contribution is -0.134. The highest BCUT2D eigenvalue weighted by molar-refractivity contribution is 7.92. The van der Waals surface area contributed by atoms with Crippen LogP contribution >= 0.6 is 0 Å². The third-order valence-corrected chi connectivity index (χ3v) is 5.83. The highest BCUT2D eigenvalue weighted by atomic mass is 32.2. The zero-order chi connectivity index (χ0) is 16.3. The van der Waals surface area contributed by atoms with Crippen LogP contribution in [0, 0.1) is 0 Å². The molecule has 1 heterocycles. The Morgan fingerprint density at radius 2 is 1.77 bits per heavy atom. The fourth-order valence-electron chi connectivity index (χ4n) is 2.53. The Hall–Kier alpha value is -2.09. The maximum atomic E-state index is 12.3. The van der Waals surface area contributed by atoms with E-state index in [1.807, 2.05) is 0 Å². The quantitative estimate of drug-likeness (QED) is 0.832. The number of carboxylic acid groups (broad SMARTS) is 1. The van der Waals surface area contributed by atoms with Crippen molar-refractivity contribution in [2.24, 2.45) is 0 Å². The summed E-state index contributed by atoms with van der Waals surface area (Å²) in [4.78, 5) is 24.3. The van der Waals surface area contributed by atoms with E-state index in [1.165, 1.54) is 17.0 Å². The Morgan fingerprint density at radius 1 is 1.18 bits per heavy atom. The van der Waals surface area contributed by atoms with Crippen LogP contribution in [0.3, 0.4) is 0 Å². The molecule has 0 radical (unpaired) electrons. The first-order chi connectivity index (χ1) is 10.3. The highest BCUT2D eigenvalue weighted by Gasteiger charge is 2.33. The molecule has 1 aromatic carbocycles. The van der Waals surface area contributed by atoms with Gasteiger partial charge in [-0.3, -0.25) is 9.59 Å². The van der Waals surface area contributed by atoms with E-state index in [0.717, 1.165) is 0 Å². The van der Waals surface area contributed by atoms with Gasteiger partial charge in [-0.25, -0.2) is 8.42 Å². The molecule has 22 heavy (non-hydrogen) atoms. The molecule has 1 aliphatic heterocycles. The molecule has 2 N–H and O–H groups in total. The molecule has 1 aromatic rings. The van der Waals surface area contributed by atoms with Crippen molar-refractivity contribution in [3.63, 3.8) is 0 Å². The molecule has 8 heteroatoms. The summed E-state index contributed by atoms with van der Waals surface area (Å²) >= 11 is 0. The van der Waals surface area contributed by atoms with Gasteiger partial charge in [-0.1, -0.05) is 12.1 Å². The van der Waals surface area contributed by atoms with Gasteiger partial charge in [0, 0.05) is 13.1 Å². The van der Waals surface area contributed by atoms with Gasteiger partial charge in [0.25, 0.3) is 5.91 Å². The topological polar surface area (TPSA) is 112 Å². The predicted molar refractivity (Wildman–Crippen MR) is 78.5 cm³/mol. The van der Waals surface area contributed by atoms with Crippen molar-refractivity contribution in [3.05, 3.63) is 29.8 Å². The van der Waals surface area contributed by atoms with E-state index < -0.39 is 26.8 Å². The van der Waals surface area contributed by atoms with Crippen molar-refractivity contribution in [2.45, 2.75) is 18.1 Å². The Labute approximate surface area is 128 Å². The smallest absolute Gasteiger partial charge is 0.318 e. The van der Waals surface area contributed by atoms with E-state index in [0.29, 0.717) is 0 Å². The number of rotatable bonds is 4. The van der Waals surface area contributed by atoms with Crippen LogP contribution in [0.25, 0.3) is 0 Å². The molecule has 1 fully saturated rings. The standard InChI is InChI=1S/C14H17NO6S/c16-12-4-2-1-3-11(12)14(19)15-7-5-10(6-8-15)22(20,21)9-13(17)18/h1-4,10,16H,5-9H2,(H,17,18). The number of amides is 1. The van der Waals surface area contributed by atoms with Crippen LogP contribution < -0.4 is 0 Å². The van der Waals surface area contributed by atoms with Crippen LogP contribution in [-0.4, -0.2) is 59.5 Å². The first kappa shape index (κ1) is 16.3. The molecule has 0 atom stereocenters. The summed E-state index contributed by atoms with van der Waals surface area (Å²) < 4.78 is 23.7. The average molecular weight is 327 g/mol. The lowest BCUT2D eigenvalue weighted by Crippen LogP contribution is -2.43. The van der Waals surface area contributed by atoms with Gasteiger partial charge >= 0.3 is 5.97 Å². The van der Waals surface area contributed by atoms with Gasteiger partial charge in [0.2, 0.25) is 0 Å². The number of carboxylic acids is 1. The van der Waals surface area contributed by atoms with E-state index in [9.17, 15) is 23.1 Å². The molecule has 0 aromatic heterocycles. The summed E-state index contributed by atoms with van der Waals surface area (Å²) in [5, 5.41) is 17.6. The largest absolute Gasteiger partial charge is 0.507 e. The molecule has 0 aliphatic carbocycles. The fraction of sp³-hybridized carbons (Fsp3) is 0.429. The summed E-state index contributed by atoms with van der Waals surface area (Å²) in [6, 6.07) is 6.16. The van der Waals surface area contributed by atoms with E-state index in [1.54, 1.807) is 12.1 Å². The number of aromatic hydroxyl groups is 1. The maximum Gasteiger partial charge on any atom is 0.318 e. The van der Waals surface area contributed by atoms with Crippen molar-refractivity contribution in [2.75, 3.05) is 18.8 Å². The molecule has 1 amide bonds. The zero-order valence-corrected chi connectivity index (χ0v) is 12.6. The molecule has 120 valence electrons. The number of hydrogen-bond donors (Lipinski definition) is 2. The Balaban J connectivity index is 2.02. The van der Waals surface area contributed by atoms with Crippen molar-refractivity contribution in [1.29, 1.82) is 0 Å². The maximum absolute atomic E-state index is 12.3. The first-order valence-corrected chi connectivity index (χ1v) is 8.53. The van der Waals surface area contributed by atoms with E-state index >= 15 is 0 Å². The molecule has 1 aliphatic rings.